The molecule has 0 fully saturated rings. The van der Waals surface area contributed by atoms with Gasteiger partial charge in [-0.15, -0.1) is 0 Å². The Kier molecular flexibility index (Phi) is 5.75. The van der Waals surface area contributed by atoms with Crippen LogP contribution in [0.4, 0.5) is 17.1 Å². The van der Waals surface area contributed by atoms with Crippen LogP contribution < -0.4 is 15.5 Å². The van der Waals surface area contributed by atoms with Crippen molar-refractivity contribution in [3.8, 4) is 0 Å². The number of hydrogen-bond acceptors (Lipinski definition) is 4. The lowest BCUT2D eigenvalue weighted by molar-refractivity contribution is -0.120. The summed E-state index contributed by atoms with van der Waals surface area (Å²) in [5, 5.41) is 5.64. The summed E-state index contributed by atoms with van der Waals surface area (Å²) in [6.45, 7) is 0. The number of para-hydroxylation sites is 2. The van der Waals surface area contributed by atoms with Crippen molar-refractivity contribution in [2.45, 2.75) is 0 Å². The van der Waals surface area contributed by atoms with Crippen molar-refractivity contribution >= 4 is 58.0 Å². The van der Waals surface area contributed by atoms with Gasteiger partial charge < -0.3 is 10.6 Å². The molecule has 0 saturated heterocycles. The molecule has 3 aromatic rings. The minimum atomic E-state index is -0.680. The first-order valence-electron chi connectivity index (χ1n) is 9.22. The second kappa shape index (κ2) is 8.63. The molecule has 1 aliphatic heterocycles. The average Bonchev–Trinajstić information content (AvgIpc) is 2.98. The molecule has 154 valence electrons. The summed E-state index contributed by atoms with van der Waals surface area (Å²) in [7, 11) is 0. The van der Waals surface area contributed by atoms with Gasteiger partial charge in [-0.05, 0) is 42.5 Å². The fourth-order valence-electron chi connectivity index (χ4n) is 3.07. The van der Waals surface area contributed by atoms with E-state index in [1.807, 2.05) is 18.2 Å². The highest BCUT2D eigenvalue weighted by atomic mass is 35.5. The zero-order chi connectivity index (χ0) is 22.0. The highest BCUT2D eigenvalue weighted by Crippen LogP contribution is 2.34. The number of nitrogens with zero attached hydrogens (tertiary/aromatic N) is 1. The van der Waals surface area contributed by atoms with Crippen molar-refractivity contribution in [1.82, 2.24) is 0 Å². The van der Waals surface area contributed by atoms with Crippen LogP contribution >= 0.6 is 23.2 Å². The molecule has 0 bridgehead atoms. The molecule has 0 unspecified atom stereocenters. The quantitative estimate of drug-likeness (QED) is 0.533. The molecule has 31 heavy (non-hydrogen) atoms. The van der Waals surface area contributed by atoms with Gasteiger partial charge in [-0.1, -0.05) is 59.6 Å². The van der Waals surface area contributed by atoms with E-state index in [2.05, 4.69) is 10.6 Å². The Labute approximate surface area is 188 Å². The van der Waals surface area contributed by atoms with Crippen LogP contribution in [0.2, 0.25) is 5.02 Å². The number of anilines is 3. The lowest BCUT2D eigenvalue weighted by atomic mass is 10.1. The van der Waals surface area contributed by atoms with Crippen molar-refractivity contribution in [3.05, 3.63) is 100 Å². The van der Waals surface area contributed by atoms with Gasteiger partial charge in [0.15, 0.2) is 0 Å². The second-order valence-electron chi connectivity index (χ2n) is 6.61. The molecular weight excluding hydrogens is 437 g/mol. The summed E-state index contributed by atoms with van der Waals surface area (Å²) >= 11 is 12.3. The first kappa shape index (κ1) is 20.7. The average molecular weight is 452 g/mol. The zero-order valence-corrected chi connectivity index (χ0v) is 17.4. The van der Waals surface area contributed by atoms with Crippen molar-refractivity contribution in [2.24, 2.45) is 0 Å². The summed E-state index contributed by atoms with van der Waals surface area (Å²) in [5.41, 5.74) is 1.60. The number of rotatable bonds is 5. The predicted octanol–water partition coefficient (Wildman–Crippen LogP) is 5.03. The maximum absolute atomic E-state index is 12.9. The highest BCUT2D eigenvalue weighted by molar-refractivity contribution is 6.53. The topological polar surface area (TPSA) is 78.5 Å². The van der Waals surface area contributed by atoms with E-state index in [-0.39, 0.29) is 27.3 Å². The van der Waals surface area contributed by atoms with E-state index in [0.717, 1.165) is 4.90 Å². The number of benzene rings is 3. The van der Waals surface area contributed by atoms with Crippen LogP contribution in [0, 0.1) is 0 Å². The molecule has 3 amide bonds. The van der Waals surface area contributed by atoms with Crippen LogP contribution in [0.3, 0.4) is 0 Å². The number of carbonyl (C=O) groups is 3. The number of imide groups is 1. The number of halogens is 2. The van der Waals surface area contributed by atoms with Gasteiger partial charge in [0.1, 0.15) is 10.7 Å². The molecule has 0 aromatic heterocycles. The van der Waals surface area contributed by atoms with Crippen LogP contribution in [0.1, 0.15) is 10.4 Å². The van der Waals surface area contributed by atoms with Crippen LogP contribution in [0.15, 0.2) is 89.6 Å². The van der Waals surface area contributed by atoms with Crippen LogP contribution in [-0.4, -0.2) is 17.7 Å². The van der Waals surface area contributed by atoms with E-state index in [9.17, 15) is 14.4 Å². The van der Waals surface area contributed by atoms with Crippen LogP contribution in [0.5, 0.6) is 0 Å². The number of carbonyl (C=O) groups excluding carboxylic acids is 3. The monoisotopic (exact) mass is 451 g/mol. The molecule has 0 aliphatic carbocycles. The third-order valence-electron chi connectivity index (χ3n) is 4.55. The van der Waals surface area contributed by atoms with Gasteiger partial charge in [-0.3, -0.25) is 14.4 Å². The van der Waals surface area contributed by atoms with E-state index in [0.29, 0.717) is 16.9 Å². The molecule has 2 N–H and O–H groups in total. The number of amides is 3. The number of hydrogen-bond donors (Lipinski definition) is 2. The first-order chi connectivity index (χ1) is 15.0. The maximum Gasteiger partial charge on any atom is 0.283 e. The Hall–Kier alpha value is -3.61. The molecule has 1 heterocycles. The van der Waals surface area contributed by atoms with E-state index < -0.39 is 11.8 Å². The second-order valence-corrected chi connectivity index (χ2v) is 7.40. The molecule has 6 nitrogen and oxygen atoms in total. The van der Waals surface area contributed by atoms with E-state index in [4.69, 9.17) is 23.2 Å². The van der Waals surface area contributed by atoms with Gasteiger partial charge in [0.05, 0.1) is 10.7 Å². The third kappa shape index (κ3) is 4.17. The third-order valence-corrected chi connectivity index (χ3v) is 5.22. The maximum atomic E-state index is 12.9. The van der Waals surface area contributed by atoms with E-state index in [1.165, 1.54) is 0 Å². The normalized spacial score (nSPS) is 13.5. The van der Waals surface area contributed by atoms with Gasteiger partial charge >= 0.3 is 0 Å². The molecule has 3 aromatic carbocycles. The SMILES string of the molecule is O=C(Nc1ccccc1)c1cccc(NC2=C(Cl)C(=O)N(c3ccccc3Cl)C2=O)c1. The van der Waals surface area contributed by atoms with Crippen molar-refractivity contribution in [3.63, 3.8) is 0 Å². The first-order valence-corrected chi connectivity index (χ1v) is 9.98. The fraction of sp³-hybridized carbons (Fsp3) is 0. The Morgan fingerprint density at radius 2 is 1.45 bits per heavy atom. The molecule has 0 spiro atoms. The standard InChI is InChI=1S/C23H15Cl2N3O3/c24-17-11-4-5-12-18(17)28-22(30)19(25)20(23(28)31)26-16-10-6-7-14(13-16)21(29)27-15-8-2-1-3-9-15/h1-13,26H,(H,27,29). The van der Waals surface area contributed by atoms with E-state index in [1.54, 1.807) is 60.7 Å². The minimum absolute atomic E-state index is 0.0906. The Morgan fingerprint density at radius 3 is 2.19 bits per heavy atom. The van der Waals surface area contributed by atoms with Gasteiger partial charge in [0, 0.05) is 16.9 Å². The van der Waals surface area contributed by atoms with Crippen molar-refractivity contribution < 1.29 is 14.4 Å². The highest BCUT2D eigenvalue weighted by Gasteiger charge is 2.39. The molecular formula is C23H15Cl2N3O3. The molecule has 0 atom stereocenters. The van der Waals surface area contributed by atoms with Gasteiger partial charge in [0.2, 0.25) is 0 Å². The summed E-state index contributed by atoms with van der Waals surface area (Å²) in [6, 6.07) is 22.0. The largest absolute Gasteiger partial charge is 0.350 e. The van der Waals surface area contributed by atoms with Crippen molar-refractivity contribution in [1.29, 1.82) is 0 Å². The fourth-order valence-corrected chi connectivity index (χ4v) is 3.50. The Bertz CT molecular complexity index is 1230. The lowest BCUT2D eigenvalue weighted by Gasteiger charge is -2.16. The molecule has 8 heteroatoms. The van der Waals surface area contributed by atoms with E-state index >= 15 is 0 Å². The summed E-state index contributed by atoms with van der Waals surface area (Å²) in [4.78, 5) is 39.0. The van der Waals surface area contributed by atoms with Gasteiger partial charge in [-0.2, -0.15) is 0 Å². The molecule has 0 saturated carbocycles. The minimum Gasteiger partial charge on any atom is -0.350 e. The smallest absolute Gasteiger partial charge is 0.283 e. The predicted molar refractivity (Wildman–Crippen MR) is 121 cm³/mol. The van der Waals surface area contributed by atoms with Crippen LogP contribution in [0.25, 0.3) is 0 Å². The summed E-state index contributed by atoms with van der Waals surface area (Å²) < 4.78 is 0. The lowest BCUT2D eigenvalue weighted by Crippen LogP contribution is -2.32. The summed E-state index contributed by atoms with van der Waals surface area (Å²) in [6.07, 6.45) is 0. The molecule has 4 rings (SSSR count). The molecule has 1 aliphatic rings. The molecule has 0 radical (unpaired) electrons. The van der Waals surface area contributed by atoms with Crippen LogP contribution in [-0.2, 0) is 9.59 Å². The van der Waals surface area contributed by atoms with Crippen molar-refractivity contribution in [2.75, 3.05) is 15.5 Å². The van der Waals surface area contributed by atoms with Gasteiger partial charge in [0.25, 0.3) is 17.7 Å². The summed E-state index contributed by atoms with van der Waals surface area (Å²) in [5.74, 6) is -1.64. The zero-order valence-electron chi connectivity index (χ0n) is 15.9. The van der Waals surface area contributed by atoms with Gasteiger partial charge in [-0.25, -0.2) is 4.90 Å². The Morgan fingerprint density at radius 1 is 0.774 bits per heavy atom. The Balaban J connectivity index is 1.56. The number of nitrogens with one attached hydrogen (secondary N) is 2.